The molecule has 0 amide bonds. The van der Waals surface area contributed by atoms with Crippen LogP contribution in [0.5, 0.6) is 0 Å². The number of benzene rings is 6. The number of fused-ring (bicyclic) bond motifs is 4. The summed E-state index contributed by atoms with van der Waals surface area (Å²) in [6.45, 7) is 4.56. The van der Waals surface area contributed by atoms with E-state index in [1.54, 1.807) is 12.1 Å². The van der Waals surface area contributed by atoms with Crippen LogP contribution < -0.4 is 4.40 Å². The molecule has 57 heavy (non-hydrogen) atoms. The van der Waals surface area contributed by atoms with Crippen LogP contribution >= 0.6 is 0 Å². The van der Waals surface area contributed by atoms with Crippen LogP contribution in [0.2, 0.25) is 17.3 Å². The fourth-order valence-electron chi connectivity index (χ4n) is 7.16. The molecule has 0 aliphatic heterocycles. The zero-order chi connectivity index (χ0) is 40.6. The fraction of sp³-hybridized carbons (Fsp3) is 0.160. The predicted octanol–water partition coefficient (Wildman–Crippen LogP) is 12.5. The number of aromatic nitrogens is 3. The molecule has 9 rings (SSSR count). The number of halogens is 1. The Bertz CT molecular complexity index is 2870. The summed E-state index contributed by atoms with van der Waals surface area (Å²) in [7, 11) is 0. The Balaban J connectivity index is 0.000000199. The third-order valence-corrected chi connectivity index (χ3v) is 14.0. The first kappa shape index (κ1) is 37.4. The van der Waals surface area contributed by atoms with Crippen LogP contribution in [0, 0.1) is 23.9 Å². The molecule has 9 aromatic rings. The minimum Gasteiger partial charge on any atom is 0 e. The van der Waals surface area contributed by atoms with Gasteiger partial charge in [-0.2, -0.15) is 0 Å². The molecule has 0 atom stereocenters. The van der Waals surface area contributed by atoms with Crippen molar-refractivity contribution in [2.45, 2.75) is 44.0 Å². The molecule has 0 saturated carbocycles. The normalized spacial score (nSPS) is 12.3. The number of para-hydroxylation sites is 3. The summed E-state index contributed by atoms with van der Waals surface area (Å²) < 4.78 is 40.6. The van der Waals surface area contributed by atoms with Crippen molar-refractivity contribution in [2.75, 3.05) is 0 Å². The first-order chi connectivity index (χ1) is 27.9. The summed E-state index contributed by atoms with van der Waals surface area (Å²) in [5.74, 6) is 7.32. The zero-order valence-corrected chi connectivity index (χ0v) is 37.1. The molecule has 1 radical (unpaired) electrons. The van der Waals surface area contributed by atoms with E-state index >= 15 is 0 Å². The Morgan fingerprint density at radius 1 is 0.789 bits per heavy atom. The Morgan fingerprint density at radius 3 is 2.26 bits per heavy atom. The van der Waals surface area contributed by atoms with Gasteiger partial charge in [0, 0.05) is 37.6 Å². The molecule has 0 bridgehead atoms. The molecular weight excluding hydrogens is 942 g/mol. The molecule has 0 N–H and O–H groups in total. The maximum Gasteiger partial charge on any atom is 0 e. The second-order valence-electron chi connectivity index (χ2n) is 15.3. The molecule has 0 unspecified atom stereocenters. The van der Waals surface area contributed by atoms with Crippen molar-refractivity contribution in [3.8, 4) is 33.8 Å². The third kappa shape index (κ3) is 8.60. The summed E-state index contributed by atoms with van der Waals surface area (Å²) >= 11 is -2.20. The van der Waals surface area contributed by atoms with E-state index in [9.17, 15) is 4.39 Å². The van der Waals surface area contributed by atoms with Crippen molar-refractivity contribution in [1.29, 1.82) is 0 Å². The Kier molecular flexibility index (Phi) is 11.3. The van der Waals surface area contributed by atoms with E-state index in [0.717, 1.165) is 76.7 Å². The molecule has 0 aliphatic carbocycles. The van der Waals surface area contributed by atoms with Crippen molar-refractivity contribution >= 4 is 50.6 Å². The maximum atomic E-state index is 13.6. The van der Waals surface area contributed by atoms with Crippen LogP contribution in [0.4, 0.5) is 4.39 Å². The van der Waals surface area contributed by atoms with Crippen molar-refractivity contribution in [3.63, 3.8) is 0 Å². The Hall–Kier alpha value is -5.14. The molecule has 0 aliphatic rings. The summed E-state index contributed by atoms with van der Waals surface area (Å²) in [4.78, 5) is 9.62. The Labute approximate surface area is 353 Å². The first-order valence-corrected chi connectivity index (χ1v) is 26.3. The summed E-state index contributed by atoms with van der Waals surface area (Å²) in [6, 6.07) is 51.4. The van der Waals surface area contributed by atoms with Crippen LogP contribution in [-0.2, 0) is 33.0 Å². The number of hydrogen-bond acceptors (Lipinski definition) is 3. The number of imidazole rings is 1. The van der Waals surface area contributed by atoms with Gasteiger partial charge < -0.3 is 8.98 Å². The van der Waals surface area contributed by atoms with E-state index in [1.165, 1.54) is 17.7 Å². The Morgan fingerprint density at radius 2 is 1.53 bits per heavy atom. The molecule has 0 spiro atoms. The fourth-order valence-corrected chi connectivity index (χ4v) is 10.1. The second-order valence-corrected chi connectivity index (χ2v) is 25.9. The van der Waals surface area contributed by atoms with Gasteiger partial charge in [0.15, 0.2) is 0 Å². The minimum absolute atomic E-state index is 0. The van der Waals surface area contributed by atoms with Crippen molar-refractivity contribution in [3.05, 3.63) is 175 Å². The molecule has 0 fully saturated rings. The molecule has 3 aromatic heterocycles. The molecule has 6 aromatic carbocycles. The maximum absolute atomic E-state index is 13.6. The van der Waals surface area contributed by atoms with Crippen LogP contribution in [-0.4, -0.2) is 27.8 Å². The quantitative estimate of drug-likeness (QED) is 0.113. The van der Waals surface area contributed by atoms with Gasteiger partial charge >= 0.3 is 128 Å². The molecule has 7 heteroatoms. The molecule has 0 saturated heterocycles. The summed E-state index contributed by atoms with van der Waals surface area (Å²) in [5, 5.41) is 2.01. The number of pyridine rings is 1. The number of rotatable bonds is 8. The van der Waals surface area contributed by atoms with Gasteiger partial charge in [0.25, 0.3) is 0 Å². The molecular formula is C50H44FGeIrN3O-2. The monoisotopic (exact) mass is 990 g/mol. The SMILES string of the molecule is Fc1ccc(-c2cccc3c2oc2c(-c4nc5ccccc5n4Cc4ccccc4)[c-]ccc23)cc1.[2H]C([2H])(c1cc(-c2[c-]cccc2)nc[c]1[Ge]([CH3])([CH3])[CH3])C(C)C.[Ir]. The van der Waals surface area contributed by atoms with E-state index in [0.29, 0.717) is 6.54 Å². The van der Waals surface area contributed by atoms with Gasteiger partial charge in [-0.05, 0) is 35.4 Å². The predicted molar refractivity (Wildman–Crippen MR) is 232 cm³/mol. The van der Waals surface area contributed by atoms with E-state index in [4.69, 9.17) is 12.1 Å². The molecule has 287 valence electrons. The smallest absolute Gasteiger partial charge is 0 e. The van der Waals surface area contributed by atoms with Crippen molar-refractivity contribution in [1.82, 2.24) is 14.5 Å². The standard InChI is InChI=1S/C32H20FN2O.C18H24GeN.Ir/c33-23-18-16-22(17-19-23)24-10-6-11-25-26-12-7-13-27(31(26)36-30(24)25)32-34-28-14-4-5-15-29(28)35(32)20-21-8-2-1-3-9-21;1-14(2)11-16-12-18(15-9-7-6-8-10-15)20-13-17(16)19(3,4)5;/h1-12,14-19H,20H2;6-9,12-14H,11H2,1-5H3;/q2*-1;/i;11D2;. The van der Waals surface area contributed by atoms with Crippen molar-refractivity contribution in [2.24, 2.45) is 5.92 Å². The number of hydrogen-bond donors (Lipinski definition) is 0. The van der Waals surface area contributed by atoms with E-state index < -0.39 is 19.6 Å². The molecule has 3 heterocycles. The summed E-state index contributed by atoms with van der Waals surface area (Å²) in [5.41, 5.74) is 9.87. The van der Waals surface area contributed by atoms with Gasteiger partial charge in [0.05, 0.1) is 22.4 Å². The van der Waals surface area contributed by atoms with Gasteiger partial charge in [-0.3, -0.25) is 4.98 Å². The average molecular weight is 989 g/mol. The van der Waals surface area contributed by atoms with E-state index in [2.05, 4.69) is 75.4 Å². The van der Waals surface area contributed by atoms with Crippen molar-refractivity contribution < 1.29 is 31.7 Å². The minimum atomic E-state index is -2.20. The molecule has 4 nitrogen and oxygen atoms in total. The zero-order valence-electron chi connectivity index (χ0n) is 34.6. The number of furan rings is 1. The first-order valence-electron chi connectivity index (χ1n) is 20.0. The topological polar surface area (TPSA) is 43.9 Å². The van der Waals surface area contributed by atoms with Gasteiger partial charge in [-0.15, -0.1) is 18.2 Å². The average Bonchev–Trinajstić information content (AvgIpc) is 3.80. The van der Waals surface area contributed by atoms with Crippen LogP contribution in [0.15, 0.2) is 150 Å². The summed E-state index contributed by atoms with van der Waals surface area (Å²) in [6.07, 6.45) is 0.562. The second kappa shape index (κ2) is 17.2. The van der Waals surface area contributed by atoms with E-state index in [1.807, 2.05) is 98.9 Å². The van der Waals surface area contributed by atoms with Gasteiger partial charge in [-0.1, -0.05) is 83.7 Å². The van der Waals surface area contributed by atoms with E-state index in [-0.39, 0.29) is 31.8 Å². The van der Waals surface area contributed by atoms with Gasteiger partial charge in [0.2, 0.25) is 0 Å². The number of nitrogens with zero attached hydrogens (tertiary/aromatic N) is 3. The largest absolute Gasteiger partial charge is 0 e. The van der Waals surface area contributed by atoms with Crippen LogP contribution in [0.25, 0.3) is 66.7 Å². The van der Waals surface area contributed by atoms with Gasteiger partial charge in [-0.25, -0.2) is 4.39 Å². The third-order valence-electron chi connectivity index (χ3n) is 9.82. The van der Waals surface area contributed by atoms with Gasteiger partial charge in [0.1, 0.15) is 11.4 Å². The van der Waals surface area contributed by atoms with Crippen LogP contribution in [0.3, 0.4) is 0 Å². The van der Waals surface area contributed by atoms with Crippen LogP contribution in [0.1, 0.15) is 27.7 Å².